The van der Waals surface area contributed by atoms with Crippen LogP contribution in [0.4, 0.5) is 0 Å². The highest BCUT2D eigenvalue weighted by atomic mass is 16.5. The fourth-order valence-corrected chi connectivity index (χ4v) is 1.34. The number of aromatic hydroxyl groups is 1. The molecular weight excluding hydrogens is 184 g/mol. The van der Waals surface area contributed by atoms with Gasteiger partial charge in [-0.1, -0.05) is 0 Å². The number of methoxy groups -OCH3 is 1. The summed E-state index contributed by atoms with van der Waals surface area (Å²) in [5.41, 5.74) is 0.868. The molecule has 0 spiro atoms. The second-order valence-corrected chi connectivity index (χ2v) is 2.83. The topological polar surface area (TPSA) is 59.7 Å². The highest BCUT2D eigenvalue weighted by Gasteiger charge is 2.09. The van der Waals surface area contributed by atoms with Crippen molar-refractivity contribution < 1.29 is 19.1 Å². The van der Waals surface area contributed by atoms with Crippen molar-refractivity contribution in [3.05, 3.63) is 23.8 Å². The third kappa shape index (κ3) is 1.21. The second kappa shape index (κ2) is 3.06. The minimum absolute atomic E-state index is 0.212. The van der Waals surface area contributed by atoms with E-state index in [-0.39, 0.29) is 5.95 Å². The molecule has 0 aliphatic carbocycles. The van der Waals surface area contributed by atoms with Crippen LogP contribution in [-0.4, -0.2) is 18.5 Å². The molecule has 0 saturated carbocycles. The number of ether oxygens (including phenoxy) is 1. The van der Waals surface area contributed by atoms with Crippen LogP contribution in [0.25, 0.3) is 11.0 Å². The molecule has 4 heteroatoms. The summed E-state index contributed by atoms with van der Waals surface area (Å²) >= 11 is 0. The number of hydrogen-bond acceptors (Lipinski definition) is 4. The van der Waals surface area contributed by atoms with E-state index in [1.807, 2.05) is 0 Å². The number of carbonyl (C=O) groups is 1. The van der Waals surface area contributed by atoms with Gasteiger partial charge >= 0.3 is 0 Å². The van der Waals surface area contributed by atoms with Crippen LogP contribution in [-0.2, 0) is 0 Å². The summed E-state index contributed by atoms with van der Waals surface area (Å²) in [7, 11) is 1.50. The first-order chi connectivity index (χ1) is 6.74. The third-order valence-corrected chi connectivity index (χ3v) is 1.99. The van der Waals surface area contributed by atoms with Crippen LogP contribution < -0.4 is 4.74 Å². The zero-order chi connectivity index (χ0) is 10.1. The largest absolute Gasteiger partial charge is 0.497 e. The molecule has 14 heavy (non-hydrogen) atoms. The second-order valence-electron chi connectivity index (χ2n) is 2.83. The SMILES string of the molecule is COc1cc(C=O)c2cc(O)oc2c1. The quantitative estimate of drug-likeness (QED) is 0.739. The van der Waals surface area contributed by atoms with Crippen LogP contribution >= 0.6 is 0 Å². The number of rotatable bonds is 2. The number of hydrogen-bond donors (Lipinski definition) is 1. The lowest BCUT2D eigenvalue weighted by Crippen LogP contribution is -1.86. The molecule has 0 amide bonds. The predicted octanol–water partition coefficient (Wildman–Crippen LogP) is 1.96. The summed E-state index contributed by atoms with van der Waals surface area (Å²) in [6.45, 7) is 0. The van der Waals surface area contributed by atoms with Crippen LogP contribution in [0.3, 0.4) is 0 Å². The molecule has 1 aromatic carbocycles. The maximum Gasteiger partial charge on any atom is 0.282 e. The molecule has 2 aromatic rings. The van der Waals surface area contributed by atoms with Crippen LogP contribution in [0.15, 0.2) is 22.6 Å². The summed E-state index contributed by atoms with van der Waals surface area (Å²) in [6.07, 6.45) is 0.694. The Kier molecular flexibility index (Phi) is 1.89. The average Bonchev–Trinajstić information content (AvgIpc) is 2.56. The average molecular weight is 192 g/mol. The molecular formula is C10H8O4. The van der Waals surface area contributed by atoms with E-state index < -0.39 is 0 Å². The van der Waals surface area contributed by atoms with E-state index in [1.54, 1.807) is 12.1 Å². The van der Waals surface area contributed by atoms with E-state index in [2.05, 4.69) is 0 Å². The van der Waals surface area contributed by atoms with Gasteiger partial charge in [0.2, 0.25) is 0 Å². The van der Waals surface area contributed by atoms with Gasteiger partial charge in [0.05, 0.1) is 7.11 Å². The molecule has 0 aliphatic heterocycles. The Morgan fingerprint density at radius 2 is 2.21 bits per heavy atom. The van der Waals surface area contributed by atoms with Crippen molar-refractivity contribution in [2.75, 3.05) is 7.11 Å². The molecule has 4 nitrogen and oxygen atoms in total. The predicted molar refractivity (Wildman–Crippen MR) is 49.8 cm³/mol. The first kappa shape index (κ1) is 8.62. The molecule has 0 radical (unpaired) electrons. The van der Waals surface area contributed by atoms with E-state index in [4.69, 9.17) is 14.3 Å². The van der Waals surface area contributed by atoms with Crippen molar-refractivity contribution in [1.82, 2.24) is 0 Å². The number of aldehydes is 1. The van der Waals surface area contributed by atoms with Crippen molar-refractivity contribution >= 4 is 17.3 Å². The van der Waals surface area contributed by atoms with Gasteiger partial charge in [0.1, 0.15) is 11.3 Å². The van der Waals surface area contributed by atoms with Gasteiger partial charge in [-0.25, -0.2) is 0 Å². The Morgan fingerprint density at radius 1 is 1.43 bits per heavy atom. The molecule has 0 aliphatic rings. The van der Waals surface area contributed by atoms with Gasteiger partial charge in [0, 0.05) is 23.1 Å². The van der Waals surface area contributed by atoms with Crippen LogP contribution in [0.2, 0.25) is 0 Å². The maximum atomic E-state index is 10.7. The van der Waals surface area contributed by atoms with Crippen molar-refractivity contribution in [3.8, 4) is 11.7 Å². The fourth-order valence-electron chi connectivity index (χ4n) is 1.34. The van der Waals surface area contributed by atoms with E-state index in [0.717, 1.165) is 0 Å². The van der Waals surface area contributed by atoms with Crippen molar-refractivity contribution in [2.45, 2.75) is 0 Å². The Hall–Kier alpha value is -1.97. The standard InChI is InChI=1S/C10H8O4/c1-13-7-2-6(5-11)8-4-10(12)14-9(8)3-7/h2-5,12H,1H3. The Morgan fingerprint density at radius 3 is 2.86 bits per heavy atom. The zero-order valence-electron chi connectivity index (χ0n) is 7.48. The lowest BCUT2D eigenvalue weighted by Gasteiger charge is -2.00. The van der Waals surface area contributed by atoms with Gasteiger partial charge in [0.25, 0.3) is 5.95 Å². The lowest BCUT2D eigenvalue weighted by molar-refractivity contribution is 0.112. The minimum Gasteiger partial charge on any atom is -0.497 e. The van der Waals surface area contributed by atoms with Gasteiger partial charge in [-0.15, -0.1) is 0 Å². The molecule has 0 bridgehead atoms. The molecule has 2 rings (SSSR count). The Labute approximate surface area is 79.7 Å². The van der Waals surface area contributed by atoms with Gasteiger partial charge < -0.3 is 14.3 Å². The normalized spacial score (nSPS) is 10.4. The molecule has 1 heterocycles. The summed E-state index contributed by atoms with van der Waals surface area (Å²) in [6, 6.07) is 4.60. The smallest absolute Gasteiger partial charge is 0.282 e. The van der Waals surface area contributed by atoms with Gasteiger partial charge in [-0.2, -0.15) is 0 Å². The number of carbonyl (C=O) groups excluding carboxylic acids is 1. The molecule has 0 fully saturated rings. The molecule has 1 N–H and O–H groups in total. The summed E-state index contributed by atoms with van der Waals surface area (Å²) in [5.74, 6) is 0.310. The first-order valence-corrected chi connectivity index (χ1v) is 4.00. The van der Waals surface area contributed by atoms with Crippen molar-refractivity contribution in [3.63, 3.8) is 0 Å². The van der Waals surface area contributed by atoms with Gasteiger partial charge in [-0.3, -0.25) is 4.79 Å². The highest BCUT2D eigenvalue weighted by Crippen LogP contribution is 2.29. The lowest BCUT2D eigenvalue weighted by atomic mass is 10.1. The van der Waals surface area contributed by atoms with E-state index >= 15 is 0 Å². The van der Waals surface area contributed by atoms with Gasteiger partial charge in [0.15, 0.2) is 6.29 Å². The molecule has 0 saturated heterocycles. The summed E-state index contributed by atoms with van der Waals surface area (Å²) in [4.78, 5) is 10.7. The third-order valence-electron chi connectivity index (χ3n) is 1.99. The number of fused-ring (bicyclic) bond motifs is 1. The Balaban J connectivity index is 2.78. The van der Waals surface area contributed by atoms with E-state index in [1.165, 1.54) is 13.2 Å². The number of benzene rings is 1. The van der Waals surface area contributed by atoms with E-state index in [9.17, 15) is 4.79 Å². The fraction of sp³-hybridized carbons (Fsp3) is 0.100. The maximum absolute atomic E-state index is 10.7. The van der Waals surface area contributed by atoms with Crippen LogP contribution in [0.5, 0.6) is 11.7 Å². The van der Waals surface area contributed by atoms with Crippen molar-refractivity contribution in [1.29, 1.82) is 0 Å². The van der Waals surface area contributed by atoms with Crippen molar-refractivity contribution in [2.24, 2.45) is 0 Å². The first-order valence-electron chi connectivity index (χ1n) is 4.00. The van der Waals surface area contributed by atoms with Crippen LogP contribution in [0.1, 0.15) is 10.4 Å². The number of furan rings is 1. The highest BCUT2D eigenvalue weighted by molar-refractivity contribution is 5.97. The monoisotopic (exact) mass is 192 g/mol. The Bertz CT molecular complexity index is 484. The zero-order valence-corrected chi connectivity index (χ0v) is 7.48. The molecule has 0 atom stereocenters. The molecule has 1 aromatic heterocycles. The summed E-state index contributed by atoms with van der Waals surface area (Å²) < 4.78 is 9.94. The van der Waals surface area contributed by atoms with E-state index in [0.29, 0.717) is 28.6 Å². The van der Waals surface area contributed by atoms with Gasteiger partial charge in [-0.05, 0) is 6.07 Å². The van der Waals surface area contributed by atoms with Crippen LogP contribution in [0, 0.1) is 0 Å². The molecule has 72 valence electrons. The minimum atomic E-state index is -0.212. The summed E-state index contributed by atoms with van der Waals surface area (Å²) in [5, 5.41) is 9.70. The molecule has 0 unspecified atom stereocenters.